The van der Waals surface area contributed by atoms with Crippen LogP contribution in [0.1, 0.15) is 51.3 Å². The van der Waals surface area contributed by atoms with E-state index in [-0.39, 0.29) is 0 Å². The maximum atomic E-state index is 5.98. The zero-order valence-corrected chi connectivity index (χ0v) is 13.1. The van der Waals surface area contributed by atoms with Gasteiger partial charge in [-0.2, -0.15) is 0 Å². The van der Waals surface area contributed by atoms with Crippen molar-refractivity contribution in [2.75, 3.05) is 13.2 Å². The predicted molar refractivity (Wildman–Crippen MR) is 82.5 cm³/mol. The van der Waals surface area contributed by atoms with E-state index < -0.39 is 0 Å². The summed E-state index contributed by atoms with van der Waals surface area (Å²) >= 11 is 0. The standard InChI is InChI=1S/C17H29NO/c1-6-11-18-17(12-19-15(5)13(2)3)16-9-7-14(4)8-10-16/h7-10,13,15,17-18H,6,11-12H2,1-5H3. The van der Waals surface area contributed by atoms with Crippen LogP contribution in [0.3, 0.4) is 0 Å². The van der Waals surface area contributed by atoms with Crippen molar-refractivity contribution in [1.29, 1.82) is 0 Å². The number of ether oxygens (including phenoxy) is 1. The summed E-state index contributed by atoms with van der Waals surface area (Å²) in [6.45, 7) is 12.6. The molecule has 108 valence electrons. The Balaban J connectivity index is 2.63. The zero-order chi connectivity index (χ0) is 14.3. The minimum Gasteiger partial charge on any atom is -0.376 e. The van der Waals surface area contributed by atoms with E-state index in [0.29, 0.717) is 18.1 Å². The first kappa shape index (κ1) is 16.2. The molecule has 2 atom stereocenters. The van der Waals surface area contributed by atoms with E-state index in [1.54, 1.807) is 0 Å². The molecule has 0 aromatic heterocycles. The van der Waals surface area contributed by atoms with Crippen molar-refractivity contribution in [2.45, 2.75) is 53.2 Å². The number of benzene rings is 1. The van der Waals surface area contributed by atoms with Crippen LogP contribution in [-0.4, -0.2) is 19.3 Å². The minimum absolute atomic E-state index is 0.293. The van der Waals surface area contributed by atoms with Crippen LogP contribution in [0.5, 0.6) is 0 Å². The Morgan fingerprint density at radius 3 is 2.26 bits per heavy atom. The summed E-state index contributed by atoms with van der Waals surface area (Å²) in [4.78, 5) is 0. The molecular formula is C17H29NO. The Morgan fingerprint density at radius 2 is 1.74 bits per heavy atom. The Morgan fingerprint density at radius 1 is 1.11 bits per heavy atom. The van der Waals surface area contributed by atoms with Crippen molar-refractivity contribution in [3.63, 3.8) is 0 Å². The number of hydrogen-bond acceptors (Lipinski definition) is 2. The van der Waals surface area contributed by atoms with Crippen LogP contribution in [-0.2, 0) is 4.74 Å². The van der Waals surface area contributed by atoms with Gasteiger partial charge >= 0.3 is 0 Å². The van der Waals surface area contributed by atoms with E-state index in [0.717, 1.165) is 19.6 Å². The summed E-state index contributed by atoms with van der Waals surface area (Å²) in [5, 5.41) is 3.57. The molecule has 2 unspecified atom stereocenters. The fraction of sp³-hybridized carbons (Fsp3) is 0.647. The van der Waals surface area contributed by atoms with Gasteiger partial charge in [-0.05, 0) is 38.3 Å². The SMILES string of the molecule is CCCNC(COC(C)C(C)C)c1ccc(C)cc1. The molecule has 0 bridgehead atoms. The first-order valence-corrected chi connectivity index (χ1v) is 7.46. The van der Waals surface area contributed by atoms with Crippen LogP contribution < -0.4 is 5.32 Å². The quantitative estimate of drug-likeness (QED) is 0.762. The van der Waals surface area contributed by atoms with Gasteiger partial charge in [0.15, 0.2) is 0 Å². The zero-order valence-electron chi connectivity index (χ0n) is 13.1. The molecule has 2 nitrogen and oxygen atoms in total. The summed E-state index contributed by atoms with van der Waals surface area (Å²) in [7, 11) is 0. The summed E-state index contributed by atoms with van der Waals surface area (Å²) in [5.41, 5.74) is 2.62. The van der Waals surface area contributed by atoms with Crippen LogP contribution in [0, 0.1) is 12.8 Å². The van der Waals surface area contributed by atoms with Gasteiger partial charge in [0.25, 0.3) is 0 Å². The van der Waals surface area contributed by atoms with Gasteiger partial charge in [-0.3, -0.25) is 0 Å². The van der Waals surface area contributed by atoms with E-state index in [4.69, 9.17) is 4.74 Å². The number of hydrogen-bond donors (Lipinski definition) is 1. The molecule has 1 aromatic carbocycles. The summed E-state index contributed by atoms with van der Waals surface area (Å²) < 4.78 is 5.98. The molecule has 0 aliphatic heterocycles. The van der Waals surface area contributed by atoms with Gasteiger partial charge in [0.1, 0.15) is 0 Å². The lowest BCUT2D eigenvalue weighted by Gasteiger charge is -2.23. The number of rotatable bonds is 8. The molecule has 0 aliphatic rings. The second-order valence-corrected chi connectivity index (χ2v) is 5.70. The molecule has 19 heavy (non-hydrogen) atoms. The molecule has 0 amide bonds. The highest BCUT2D eigenvalue weighted by Gasteiger charge is 2.14. The lowest BCUT2D eigenvalue weighted by Crippen LogP contribution is -2.29. The fourth-order valence-electron chi connectivity index (χ4n) is 1.83. The van der Waals surface area contributed by atoms with Crippen molar-refractivity contribution < 1.29 is 4.74 Å². The van der Waals surface area contributed by atoms with Crippen molar-refractivity contribution in [3.05, 3.63) is 35.4 Å². The topological polar surface area (TPSA) is 21.3 Å². The smallest absolute Gasteiger partial charge is 0.0665 e. The van der Waals surface area contributed by atoms with E-state index in [1.807, 2.05) is 0 Å². The van der Waals surface area contributed by atoms with Crippen LogP contribution in [0.25, 0.3) is 0 Å². The average molecular weight is 263 g/mol. The molecule has 0 saturated carbocycles. The maximum Gasteiger partial charge on any atom is 0.0665 e. The first-order chi connectivity index (χ1) is 9.04. The molecule has 1 aromatic rings. The second kappa shape index (κ2) is 8.34. The lowest BCUT2D eigenvalue weighted by atomic mass is 10.1. The van der Waals surface area contributed by atoms with Gasteiger partial charge in [0, 0.05) is 0 Å². The Bertz CT molecular complexity index is 345. The van der Waals surface area contributed by atoms with E-state index in [9.17, 15) is 0 Å². The van der Waals surface area contributed by atoms with Crippen molar-refractivity contribution in [2.24, 2.45) is 5.92 Å². The van der Waals surface area contributed by atoms with Crippen molar-refractivity contribution in [1.82, 2.24) is 5.32 Å². The van der Waals surface area contributed by atoms with E-state index in [1.165, 1.54) is 11.1 Å². The first-order valence-electron chi connectivity index (χ1n) is 7.46. The summed E-state index contributed by atoms with van der Waals surface area (Å²) in [6.07, 6.45) is 1.44. The highest BCUT2D eigenvalue weighted by Crippen LogP contribution is 2.16. The number of aryl methyl sites for hydroxylation is 1. The highest BCUT2D eigenvalue weighted by atomic mass is 16.5. The fourth-order valence-corrected chi connectivity index (χ4v) is 1.83. The molecule has 1 rings (SSSR count). The van der Waals surface area contributed by atoms with Crippen molar-refractivity contribution >= 4 is 0 Å². The molecule has 0 aliphatic carbocycles. The van der Waals surface area contributed by atoms with E-state index in [2.05, 4.69) is 64.2 Å². The Kier molecular flexibility index (Phi) is 7.11. The summed E-state index contributed by atoms with van der Waals surface area (Å²) in [5.74, 6) is 0.560. The maximum absolute atomic E-state index is 5.98. The van der Waals surface area contributed by atoms with Gasteiger partial charge in [-0.15, -0.1) is 0 Å². The Hall–Kier alpha value is -0.860. The van der Waals surface area contributed by atoms with E-state index >= 15 is 0 Å². The molecule has 2 heteroatoms. The third-order valence-electron chi connectivity index (χ3n) is 3.59. The normalized spacial score (nSPS) is 14.6. The molecule has 0 saturated heterocycles. The van der Waals surface area contributed by atoms with Gasteiger partial charge in [0.05, 0.1) is 18.8 Å². The average Bonchev–Trinajstić information content (AvgIpc) is 2.39. The van der Waals surface area contributed by atoms with Crippen LogP contribution in [0.2, 0.25) is 0 Å². The molecule has 1 N–H and O–H groups in total. The monoisotopic (exact) mass is 263 g/mol. The minimum atomic E-state index is 0.293. The molecule has 0 spiro atoms. The second-order valence-electron chi connectivity index (χ2n) is 5.70. The third kappa shape index (κ3) is 5.75. The van der Waals surface area contributed by atoms with Gasteiger partial charge < -0.3 is 10.1 Å². The van der Waals surface area contributed by atoms with Gasteiger partial charge in [-0.25, -0.2) is 0 Å². The highest BCUT2D eigenvalue weighted by molar-refractivity contribution is 5.24. The number of nitrogens with one attached hydrogen (secondary N) is 1. The largest absolute Gasteiger partial charge is 0.376 e. The van der Waals surface area contributed by atoms with Crippen LogP contribution in [0.15, 0.2) is 24.3 Å². The van der Waals surface area contributed by atoms with Crippen LogP contribution >= 0.6 is 0 Å². The van der Waals surface area contributed by atoms with Gasteiger partial charge in [-0.1, -0.05) is 50.6 Å². The molecule has 0 heterocycles. The summed E-state index contributed by atoms with van der Waals surface area (Å²) in [6, 6.07) is 9.03. The van der Waals surface area contributed by atoms with Gasteiger partial charge in [0.2, 0.25) is 0 Å². The van der Waals surface area contributed by atoms with Crippen LogP contribution in [0.4, 0.5) is 0 Å². The molecule has 0 fully saturated rings. The Labute approximate surface area is 118 Å². The molecule has 0 radical (unpaired) electrons. The predicted octanol–water partition coefficient (Wildman–Crippen LogP) is 4.10. The third-order valence-corrected chi connectivity index (χ3v) is 3.59. The van der Waals surface area contributed by atoms with Crippen molar-refractivity contribution in [3.8, 4) is 0 Å². The lowest BCUT2D eigenvalue weighted by molar-refractivity contribution is 0.0218. The molecular weight excluding hydrogens is 234 g/mol.